The van der Waals surface area contributed by atoms with E-state index in [0.717, 1.165) is 8.68 Å². The van der Waals surface area contributed by atoms with Gasteiger partial charge in [-0.2, -0.15) is 4.98 Å². The number of aryl methyl sites for hydroxylation is 1. The zero-order valence-corrected chi connectivity index (χ0v) is 10.6. The molecule has 0 N–H and O–H groups in total. The van der Waals surface area contributed by atoms with Gasteiger partial charge in [-0.25, -0.2) is 0 Å². The van der Waals surface area contributed by atoms with E-state index in [-0.39, 0.29) is 0 Å². The van der Waals surface area contributed by atoms with E-state index >= 15 is 0 Å². The Morgan fingerprint density at radius 3 is 2.73 bits per heavy atom. The Balaban J connectivity index is 1.93. The Morgan fingerprint density at radius 1 is 1.33 bits per heavy atom. The normalized spacial score (nSPS) is 10.8. The highest BCUT2D eigenvalue weighted by Gasteiger charge is 2.07. The van der Waals surface area contributed by atoms with Crippen LogP contribution in [0.15, 0.2) is 13.2 Å². The van der Waals surface area contributed by atoms with Crippen molar-refractivity contribution in [3.8, 4) is 0 Å². The van der Waals surface area contributed by atoms with Gasteiger partial charge in [-0.05, 0) is 13.2 Å². The summed E-state index contributed by atoms with van der Waals surface area (Å²) in [6.45, 7) is 1.80. The molecule has 0 aliphatic heterocycles. The van der Waals surface area contributed by atoms with E-state index in [1.807, 2.05) is 6.26 Å². The number of thioether (sulfide) groups is 2. The van der Waals surface area contributed by atoms with Crippen molar-refractivity contribution in [2.45, 2.75) is 21.4 Å². The standard InChI is InChI=1S/C7H8N4OS3/c1-4-8-5(12-11-4)3-14-7-10-9-6(13-2)15-7/h3H2,1-2H3. The lowest BCUT2D eigenvalue weighted by atomic mass is 10.7. The van der Waals surface area contributed by atoms with Crippen molar-refractivity contribution in [3.05, 3.63) is 11.7 Å². The van der Waals surface area contributed by atoms with Crippen LogP contribution in [0.25, 0.3) is 0 Å². The average molecular weight is 260 g/mol. The molecule has 0 bridgehead atoms. The van der Waals surface area contributed by atoms with Gasteiger partial charge in [0.05, 0.1) is 5.75 Å². The third kappa shape index (κ3) is 2.93. The molecule has 5 nitrogen and oxygen atoms in total. The van der Waals surface area contributed by atoms with Crippen LogP contribution in [0.4, 0.5) is 0 Å². The second-order valence-electron chi connectivity index (χ2n) is 2.56. The highest BCUT2D eigenvalue weighted by molar-refractivity contribution is 8.02. The summed E-state index contributed by atoms with van der Waals surface area (Å²) in [5, 5.41) is 11.7. The Bertz CT molecular complexity index is 441. The minimum atomic E-state index is 0.624. The lowest BCUT2D eigenvalue weighted by Crippen LogP contribution is -1.80. The molecule has 0 saturated carbocycles. The fourth-order valence-corrected chi connectivity index (χ4v) is 3.14. The molecule has 2 rings (SSSR count). The predicted molar refractivity (Wildman–Crippen MR) is 60.3 cm³/mol. The van der Waals surface area contributed by atoms with Gasteiger partial charge < -0.3 is 4.52 Å². The van der Waals surface area contributed by atoms with Gasteiger partial charge in [-0.3, -0.25) is 0 Å². The van der Waals surface area contributed by atoms with E-state index in [0.29, 0.717) is 17.5 Å². The highest BCUT2D eigenvalue weighted by Crippen LogP contribution is 2.29. The number of rotatable bonds is 4. The number of nitrogens with zero attached hydrogens (tertiary/aromatic N) is 4. The van der Waals surface area contributed by atoms with Crippen LogP contribution in [0.5, 0.6) is 0 Å². The molecule has 0 unspecified atom stereocenters. The third-order valence-corrected chi connectivity index (χ3v) is 4.47. The first kappa shape index (κ1) is 10.9. The molecule has 0 amide bonds. The molecule has 0 saturated heterocycles. The van der Waals surface area contributed by atoms with E-state index in [9.17, 15) is 0 Å². The van der Waals surface area contributed by atoms with Crippen molar-refractivity contribution in [1.29, 1.82) is 0 Å². The molecule has 2 heterocycles. The first-order valence-corrected chi connectivity index (χ1v) is 7.10. The molecule has 2 aromatic rings. The van der Waals surface area contributed by atoms with Crippen LogP contribution in [0.1, 0.15) is 11.7 Å². The van der Waals surface area contributed by atoms with Crippen LogP contribution in [0.2, 0.25) is 0 Å². The molecule has 0 fully saturated rings. The molecule has 80 valence electrons. The summed E-state index contributed by atoms with van der Waals surface area (Å²) in [6, 6.07) is 0. The first-order valence-electron chi connectivity index (χ1n) is 4.07. The summed E-state index contributed by atoms with van der Waals surface area (Å²) < 4.78 is 6.89. The zero-order chi connectivity index (χ0) is 10.7. The van der Waals surface area contributed by atoms with Crippen molar-refractivity contribution in [3.63, 3.8) is 0 Å². The molecule has 0 aliphatic rings. The van der Waals surface area contributed by atoms with Gasteiger partial charge in [-0.1, -0.05) is 40.0 Å². The smallest absolute Gasteiger partial charge is 0.237 e. The minimum absolute atomic E-state index is 0.624. The summed E-state index contributed by atoms with van der Waals surface area (Å²) in [7, 11) is 0. The number of aromatic nitrogens is 4. The summed E-state index contributed by atoms with van der Waals surface area (Å²) in [5.41, 5.74) is 0. The Morgan fingerprint density at radius 2 is 2.13 bits per heavy atom. The quantitative estimate of drug-likeness (QED) is 0.781. The Hall–Kier alpha value is -0.600. The van der Waals surface area contributed by atoms with Crippen LogP contribution in [-0.2, 0) is 5.75 Å². The van der Waals surface area contributed by atoms with Gasteiger partial charge in [0.25, 0.3) is 0 Å². The largest absolute Gasteiger partial charge is 0.338 e. The van der Waals surface area contributed by atoms with Gasteiger partial charge in [-0.15, -0.1) is 10.2 Å². The summed E-state index contributed by atoms with van der Waals surface area (Å²) in [5.74, 6) is 1.93. The molecule has 2 aromatic heterocycles. The Labute approximate surface area is 99.1 Å². The average Bonchev–Trinajstić information content (AvgIpc) is 2.83. The molecule has 0 aliphatic carbocycles. The monoisotopic (exact) mass is 260 g/mol. The zero-order valence-electron chi connectivity index (χ0n) is 8.13. The predicted octanol–water partition coefficient (Wildman–Crippen LogP) is 2.24. The van der Waals surface area contributed by atoms with E-state index in [4.69, 9.17) is 4.52 Å². The van der Waals surface area contributed by atoms with Crippen LogP contribution in [0, 0.1) is 6.92 Å². The highest BCUT2D eigenvalue weighted by atomic mass is 32.2. The number of hydrogen-bond acceptors (Lipinski definition) is 8. The van der Waals surface area contributed by atoms with Gasteiger partial charge in [0.1, 0.15) is 0 Å². The second kappa shape index (κ2) is 4.95. The van der Waals surface area contributed by atoms with Crippen LogP contribution < -0.4 is 0 Å². The fourth-order valence-electron chi connectivity index (χ4n) is 0.860. The summed E-state index contributed by atoms with van der Waals surface area (Å²) in [4.78, 5) is 4.11. The van der Waals surface area contributed by atoms with Crippen LogP contribution in [0.3, 0.4) is 0 Å². The van der Waals surface area contributed by atoms with Crippen molar-refractivity contribution < 1.29 is 4.52 Å². The molecule has 0 radical (unpaired) electrons. The lowest BCUT2D eigenvalue weighted by molar-refractivity contribution is 0.387. The van der Waals surface area contributed by atoms with Crippen LogP contribution in [-0.4, -0.2) is 26.6 Å². The first-order chi connectivity index (χ1) is 7.28. The van der Waals surface area contributed by atoms with Crippen molar-refractivity contribution in [1.82, 2.24) is 20.3 Å². The summed E-state index contributed by atoms with van der Waals surface area (Å²) >= 11 is 4.73. The van der Waals surface area contributed by atoms with E-state index in [1.165, 1.54) is 0 Å². The lowest BCUT2D eigenvalue weighted by Gasteiger charge is -1.88. The third-order valence-electron chi connectivity index (χ3n) is 1.45. The maximum Gasteiger partial charge on any atom is 0.237 e. The molecular weight excluding hydrogens is 252 g/mol. The van der Waals surface area contributed by atoms with Crippen molar-refractivity contribution >= 4 is 34.9 Å². The Kier molecular flexibility index (Phi) is 3.60. The van der Waals surface area contributed by atoms with E-state index in [2.05, 4.69) is 20.3 Å². The molecular formula is C7H8N4OS3. The van der Waals surface area contributed by atoms with Crippen LogP contribution >= 0.6 is 34.9 Å². The number of hydrogen-bond donors (Lipinski definition) is 0. The van der Waals surface area contributed by atoms with E-state index < -0.39 is 0 Å². The maximum absolute atomic E-state index is 4.99. The minimum Gasteiger partial charge on any atom is -0.338 e. The van der Waals surface area contributed by atoms with Gasteiger partial charge in [0.15, 0.2) is 14.5 Å². The molecule has 15 heavy (non-hydrogen) atoms. The van der Waals surface area contributed by atoms with Gasteiger partial charge >= 0.3 is 0 Å². The van der Waals surface area contributed by atoms with Crippen molar-refractivity contribution in [2.75, 3.05) is 6.26 Å². The summed E-state index contributed by atoms with van der Waals surface area (Å²) in [6.07, 6.45) is 1.98. The van der Waals surface area contributed by atoms with Gasteiger partial charge in [0.2, 0.25) is 5.89 Å². The molecule has 8 heteroatoms. The topological polar surface area (TPSA) is 64.7 Å². The van der Waals surface area contributed by atoms with E-state index in [1.54, 1.807) is 41.8 Å². The van der Waals surface area contributed by atoms with Gasteiger partial charge in [0, 0.05) is 0 Å². The second-order valence-corrected chi connectivity index (χ2v) is 5.82. The molecule has 0 atom stereocenters. The SMILES string of the molecule is CSc1nnc(SCc2nc(C)no2)s1. The molecule has 0 aromatic carbocycles. The fraction of sp³-hybridized carbons (Fsp3) is 0.429. The van der Waals surface area contributed by atoms with Crippen molar-refractivity contribution in [2.24, 2.45) is 0 Å². The molecule has 0 spiro atoms. The maximum atomic E-state index is 4.99.